The summed E-state index contributed by atoms with van der Waals surface area (Å²) in [5, 5.41) is 0. The number of aromatic nitrogens is 1. The van der Waals surface area contributed by atoms with Crippen LogP contribution < -0.4 is 10.5 Å². The summed E-state index contributed by atoms with van der Waals surface area (Å²) in [4.78, 5) is 4.65. The molecule has 0 unspecified atom stereocenters. The fourth-order valence-electron chi connectivity index (χ4n) is 1.24. The molecule has 0 atom stereocenters. The van der Waals surface area contributed by atoms with Crippen LogP contribution in [0.4, 0.5) is 5.69 Å². The van der Waals surface area contributed by atoms with Crippen molar-refractivity contribution in [3.63, 3.8) is 0 Å². The molecular weight excluding hydrogens is 258 g/mol. The SMILES string of the molecule is NCc1ccc(S(=O)(=O)Nc2ccncc2)s1. The number of rotatable bonds is 4. The van der Waals surface area contributed by atoms with Gasteiger partial charge in [-0.15, -0.1) is 11.3 Å². The molecule has 7 heteroatoms. The van der Waals surface area contributed by atoms with E-state index in [1.165, 1.54) is 23.7 Å². The molecule has 90 valence electrons. The molecule has 0 aliphatic carbocycles. The molecule has 5 nitrogen and oxygen atoms in total. The minimum atomic E-state index is -3.52. The number of nitrogens with one attached hydrogen (secondary N) is 1. The summed E-state index contributed by atoms with van der Waals surface area (Å²) in [7, 11) is -3.52. The van der Waals surface area contributed by atoms with Crippen LogP contribution in [-0.4, -0.2) is 13.4 Å². The molecule has 17 heavy (non-hydrogen) atoms. The molecule has 0 saturated heterocycles. The van der Waals surface area contributed by atoms with E-state index in [2.05, 4.69) is 9.71 Å². The van der Waals surface area contributed by atoms with Gasteiger partial charge < -0.3 is 5.73 Å². The number of pyridine rings is 1. The van der Waals surface area contributed by atoms with Crippen molar-refractivity contribution >= 4 is 27.0 Å². The molecule has 2 aromatic rings. The van der Waals surface area contributed by atoms with E-state index in [1.807, 2.05) is 0 Å². The van der Waals surface area contributed by atoms with Gasteiger partial charge in [-0.3, -0.25) is 9.71 Å². The van der Waals surface area contributed by atoms with Crippen LogP contribution in [-0.2, 0) is 16.6 Å². The van der Waals surface area contributed by atoms with Crippen LogP contribution in [0, 0.1) is 0 Å². The Balaban J connectivity index is 2.25. The van der Waals surface area contributed by atoms with Gasteiger partial charge in [-0.05, 0) is 24.3 Å². The maximum absolute atomic E-state index is 12.0. The first-order valence-corrected chi connectivity index (χ1v) is 7.13. The summed E-state index contributed by atoms with van der Waals surface area (Å²) in [6.45, 7) is 0.343. The van der Waals surface area contributed by atoms with Crippen LogP contribution >= 0.6 is 11.3 Å². The van der Waals surface area contributed by atoms with E-state index in [9.17, 15) is 8.42 Å². The van der Waals surface area contributed by atoms with Crippen LogP contribution in [0.2, 0.25) is 0 Å². The van der Waals surface area contributed by atoms with Crippen molar-refractivity contribution in [3.05, 3.63) is 41.5 Å². The molecule has 0 spiro atoms. The lowest BCUT2D eigenvalue weighted by molar-refractivity contribution is 0.603. The zero-order valence-corrected chi connectivity index (χ0v) is 10.5. The molecular formula is C10H11N3O2S2. The topological polar surface area (TPSA) is 85.1 Å². The van der Waals surface area contributed by atoms with Crippen LogP contribution in [0.5, 0.6) is 0 Å². The molecule has 0 fully saturated rings. The average Bonchev–Trinajstić information content (AvgIpc) is 2.79. The van der Waals surface area contributed by atoms with Gasteiger partial charge in [0.15, 0.2) is 0 Å². The Morgan fingerprint density at radius 2 is 1.94 bits per heavy atom. The second-order valence-electron chi connectivity index (χ2n) is 3.27. The third kappa shape index (κ3) is 2.82. The number of nitrogens with two attached hydrogens (primary N) is 1. The van der Waals surface area contributed by atoms with E-state index in [0.717, 1.165) is 4.88 Å². The number of hydrogen-bond donors (Lipinski definition) is 2. The number of sulfonamides is 1. The standard InChI is InChI=1S/C10H11N3O2S2/c11-7-9-1-2-10(16-9)17(14,15)13-8-3-5-12-6-4-8/h1-6H,7,11H2,(H,12,13). The highest BCUT2D eigenvalue weighted by molar-refractivity contribution is 7.94. The molecule has 2 heterocycles. The van der Waals surface area contributed by atoms with E-state index in [1.54, 1.807) is 24.3 Å². The molecule has 0 aliphatic rings. The van der Waals surface area contributed by atoms with Gasteiger partial charge in [0.1, 0.15) is 4.21 Å². The zero-order valence-electron chi connectivity index (χ0n) is 8.83. The van der Waals surface area contributed by atoms with Crippen molar-refractivity contribution < 1.29 is 8.42 Å². The third-order valence-electron chi connectivity index (χ3n) is 2.04. The summed E-state index contributed by atoms with van der Waals surface area (Å²) >= 11 is 1.17. The Labute approximate surface area is 103 Å². The first-order chi connectivity index (χ1) is 8.12. The first-order valence-electron chi connectivity index (χ1n) is 4.83. The molecule has 2 aromatic heterocycles. The predicted octanol–water partition coefficient (Wildman–Crippen LogP) is 1.40. The summed E-state index contributed by atoms with van der Waals surface area (Å²) in [6.07, 6.45) is 3.05. The second kappa shape index (κ2) is 4.82. The van der Waals surface area contributed by atoms with Gasteiger partial charge in [0.25, 0.3) is 10.0 Å². The quantitative estimate of drug-likeness (QED) is 0.878. The number of thiophene rings is 1. The van der Waals surface area contributed by atoms with Gasteiger partial charge in [-0.2, -0.15) is 0 Å². The molecule has 0 bridgehead atoms. The van der Waals surface area contributed by atoms with E-state index in [4.69, 9.17) is 5.73 Å². The van der Waals surface area contributed by atoms with Gasteiger partial charge in [-0.1, -0.05) is 0 Å². The van der Waals surface area contributed by atoms with Gasteiger partial charge in [0, 0.05) is 23.8 Å². The highest BCUT2D eigenvalue weighted by Crippen LogP contribution is 2.23. The van der Waals surface area contributed by atoms with Crippen LogP contribution in [0.3, 0.4) is 0 Å². The highest BCUT2D eigenvalue weighted by Gasteiger charge is 2.16. The largest absolute Gasteiger partial charge is 0.326 e. The zero-order chi connectivity index (χ0) is 12.3. The predicted molar refractivity (Wildman–Crippen MR) is 67.3 cm³/mol. The molecule has 0 aliphatic heterocycles. The van der Waals surface area contributed by atoms with Crippen molar-refractivity contribution in [1.82, 2.24) is 4.98 Å². The highest BCUT2D eigenvalue weighted by atomic mass is 32.2. The number of hydrogen-bond acceptors (Lipinski definition) is 5. The van der Waals surface area contributed by atoms with Gasteiger partial charge in [-0.25, -0.2) is 8.42 Å². The normalized spacial score (nSPS) is 11.4. The van der Waals surface area contributed by atoms with Crippen LogP contribution in [0.15, 0.2) is 40.9 Å². The number of anilines is 1. The number of nitrogens with zero attached hydrogens (tertiary/aromatic N) is 1. The Kier molecular flexibility index (Phi) is 3.41. The Morgan fingerprint density at radius 3 is 2.53 bits per heavy atom. The second-order valence-corrected chi connectivity index (χ2v) is 6.34. The summed E-state index contributed by atoms with van der Waals surface area (Å²) in [5.41, 5.74) is 5.93. The minimum absolute atomic E-state index is 0.259. The van der Waals surface area contributed by atoms with Crippen molar-refractivity contribution in [2.45, 2.75) is 10.8 Å². The van der Waals surface area contributed by atoms with Crippen LogP contribution in [0.25, 0.3) is 0 Å². The maximum atomic E-state index is 12.0. The van der Waals surface area contributed by atoms with Gasteiger partial charge in [0.2, 0.25) is 0 Å². The Hall–Kier alpha value is -1.44. The summed E-state index contributed by atoms with van der Waals surface area (Å²) in [5.74, 6) is 0. The minimum Gasteiger partial charge on any atom is -0.326 e. The fraction of sp³-hybridized carbons (Fsp3) is 0.100. The first kappa shape index (κ1) is 12.0. The molecule has 3 N–H and O–H groups in total. The Bertz CT molecular complexity index is 593. The monoisotopic (exact) mass is 269 g/mol. The fourth-order valence-corrected chi connectivity index (χ4v) is 3.53. The third-order valence-corrected chi connectivity index (χ3v) is 5.02. The summed E-state index contributed by atoms with van der Waals surface area (Å²) in [6, 6.07) is 6.45. The average molecular weight is 269 g/mol. The van der Waals surface area contributed by atoms with Crippen LogP contribution in [0.1, 0.15) is 4.88 Å². The molecule has 0 aromatic carbocycles. The lowest BCUT2D eigenvalue weighted by Gasteiger charge is -2.04. The van der Waals surface area contributed by atoms with Gasteiger partial charge in [0.05, 0.1) is 5.69 Å². The smallest absolute Gasteiger partial charge is 0.271 e. The molecule has 2 rings (SSSR count). The van der Waals surface area contributed by atoms with Crippen molar-refractivity contribution in [3.8, 4) is 0 Å². The van der Waals surface area contributed by atoms with Crippen molar-refractivity contribution in [2.75, 3.05) is 4.72 Å². The maximum Gasteiger partial charge on any atom is 0.271 e. The Morgan fingerprint density at radius 1 is 1.24 bits per heavy atom. The molecule has 0 radical (unpaired) electrons. The molecule has 0 amide bonds. The summed E-state index contributed by atoms with van der Waals surface area (Å²) < 4.78 is 26.7. The van der Waals surface area contributed by atoms with E-state index >= 15 is 0 Å². The molecule has 0 saturated carbocycles. The lowest BCUT2D eigenvalue weighted by atomic mass is 10.4. The lowest BCUT2D eigenvalue weighted by Crippen LogP contribution is -2.11. The van der Waals surface area contributed by atoms with Crippen molar-refractivity contribution in [2.24, 2.45) is 5.73 Å². The van der Waals surface area contributed by atoms with E-state index in [0.29, 0.717) is 12.2 Å². The van der Waals surface area contributed by atoms with Crippen molar-refractivity contribution in [1.29, 1.82) is 0 Å². The van der Waals surface area contributed by atoms with E-state index in [-0.39, 0.29) is 4.21 Å². The van der Waals surface area contributed by atoms with Gasteiger partial charge >= 0.3 is 0 Å². The van der Waals surface area contributed by atoms with E-state index < -0.39 is 10.0 Å².